The van der Waals surface area contributed by atoms with Crippen LogP contribution in [0.3, 0.4) is 0 Å². The minimum Gasteiger partial charge on any atom is -0.469 e. The van der Waals surface area contributed by atoms with E-state index < -0.39 is 0 Å². The van der Waals surface area contributed by atoms with Crippen LogP contribution in [0.5, 0.6) is 5.19 Å². The van der Waals surface area contributed by atoms with Crippen molar-refractivity contribution in [3.63, 3.8) is 0 Å². The molecule has 0 spiro atoms. The molecule has 0 aliphatic carbocycles. The maximum atomic E-state index is 5.45. The number of halogens is 1. The summed E-state index contributed by atoms with van der Waals surface area (Å²) >= 11 is 4.63. The molecule has 0 aliphatic rings. The van der Waals surface area contributed by atoms with Crippen molar-refractivity contribution in [3.05, 3.63) is 34.0 Å². The van der Waals surface area contributed by atoms with E-state index in [4.69, 9.17) is 4.74 Å². The molecule has 0 aliphatic heterocycles. The summed E-state index contributed by atoms with van der Waals surface area (Å²) in [6, 6.07) is 4.03. The maximum absolute atomic E-state index is 5.45. The van der Waals surface area contributed by atoms with E-state index in [9.17, 15) is 0 Å². The fraction of sp³-hybridized carbons (Fsp3) is 0.300. The number of pyridine rings is 1. The van der Waals surface area contributed by atoms with Crippen LogP contribution in [0.15, 0.2) is 28.4 Å². The molecule has 2 rings (SSSR count). The molecular weight excluding hydrogens is 290 g/mol. The fourth-order valence-corrected chi connectivity index (χ4v) is 2.18. The van der Waals surface area contributed by atoms with Gasteiger partial charge in [0.15, 0.2) is 3.92 Å². The quantitative estimate of drug-likeness (QED) is 0.797. The highest BCUT2D eigenvalue weighted by atomic mass is 79.9. The molecule has 0 radical (unpaired) electrons. The summed E-state index contributed by atoms with van der Waals surface area (Å²) in [7, 11) is 0. The van der Waals surface area contributed by atoms with Gasteiger partial charge in [0.05, 0.1) is 6.61 Å². The van der Waals surface area contributed by atoms with E-state index in [0.29, 0.717) is 11.8 Å². The third kappa shape index (κ3) is 3.53. The largest absolute Gasteiger partial charge is 0.469 e. The molecule has 0 N–H and O–H groups in total. The minimum absolute atomic E-state index is 0.613. The normalized spacial score (nSPS) is 10.3. The average molecular weight is 300 g/mol. The number of hydrogen-bond donors (Lipinski definition) is 0. The number of rotatable bonds is 5. The van der Waals surface area contributed by atoms with Gasteiger partial charge in [-0.05, 0) is 57.8 Å². The van der Waals surface area contributed by atoms with Gasteiger partial charge >= 0.3 is 0 Å². The molecule has 2 aromatic heterocycles. The lowest BCUT2D eigenvalue weighted by molar-refractivity contribution is 0.307. The monoisotopic (exact) mass is 299 g/mol. The molecule has 4 nitrogen and oxygen atoms in total. The third-order valence-electron chi connectivity index (χ3n) is 1.97. The summed E-state index contributed by atoms with van der Waals surface area (Å²) in [5.41, 5.74) is 1.28. The Labute approximate surface area is 106 Å². The second-order valence-corrected chi connectivity index (χ2v) is 5.34. The molecule has 2 heterocycles. The number of nitrogens with zero attached hydrogens (tertiary/aromatic N) is 3. The Morgan fingerprint density at radius 3 is 2.75 bits per heavy atom. The number of ether oxygens (including phenoxy) is 1. The van der Waals surface area contributed by atoms with Gasteiger partial charge in [-0.3, -0.25) is 4.98 Å². The molecule has 0 atom stereocenters. The van der Waals surface area contributed by atoms with E-state index in [1.165, 1.54) is 16.9 Å². The Morgan fingerprint density at radius 1 is 1.25 bits per heavy atom. The minimum atomic E-state index is 0.613. The highest BCUT2D eigenvalue weighted by Gasteiger charge is 2.01. The Balaban J connectivity index is 1.69. The highest BCUT2D eigenvalue weighted by molar-refractivity contribution is 9.11. The molecule has 0 bridgehead atoms. The first kappa shape index (κ1) is 11.5. The average Bonchev–Trinajstić information content (AvgIpc) is 2.72. The van der Waals surface area contributed by atoms with Crippen LogP contribution in [0.4, 0.5) is 0 Å². The molecule has 0 fully saturated rings. The van der Waals surface area contributed by atoms with E-state index >= 15 is 0 Å². The van der Waals surface area contributed by atoms with Gasteiger partial charge in [-0.2, -0.15) is 0 Å². The first-order valence-electron chi connectivity index (χ1n) is 4.85. The van der Waals surface area contributed by atoms with Crippen molar-refractivity contribution in [3.8, 4) is 5.19 Å². The van der Waals surface area contributed by atoms with Crippen molar-refractivity contribution < 1.29 is 4.74 Å². The summed E-state index contributed by atoms with van der Waals surface area (Å²) in [5.74, 6) is 0. The second kappa shape index (κ2) is 5.91. The standard InChI is InChI=1S/C10H10BrN3OS/c11-9-13-14-10(16-9)15-7-1-2-8-3-5-12-6-4-8/h3-6H,1-2,7H2. The van der Waals surface area contributed by atoms with Gasteiger partial charge in [-0.15, -0.1) is 5.10 Å². The first-order valence-corrected chi connectivity index (χ1v) is 6.46. The lowest BCUT2D eigenvalue weighted by Crippen LogP contribution is -1.99. The fourth-order valence-electron chi connectivity index (χ4n) is 1.24. The SMILES string of the molecule is Brc1nnc(OCCCc2ccncc2)s1. The molecule has 0 aromatic carbocycles. The zero-order chi connectivity index (χ0) is 11.2. The molecule has 0 saturated carbocycles. The van der Waals surface area contributed by atoms with Gasteiger partial charge in [0.2, 0.25) is 0 Å². The van der Waals surface area contributed by atoms with Crippen molar-refractivity contribution in [2.45, 2.75) is 12.8 Å². The maximum Gasteiger partial charge on any atom is 0.294 e. The predicted molar refractivity (Wildman–Crippen MR) is 65.7 cm³/mol. The molecular formula is C10H10BrN3OS. The van der Waals surface area contributed by atoms with Gasteiger partial charge in [-0.25, -0.2) is 0 Å². The van der Waals surface area contributed by atoms with Gasteiger partial charge in [0.1, 0.15) is 0 Å². The van der Waals surface area contributed by atoms with E-state index in [-0.39, 0.29) is 0 Å². The zero-order valence-corrected chi connectivity index (χ0v) is 10.9. The molecule has 0 unspecified atom stereocenters. The van der Waals surface area contributed by atoms with Gasteiger partial charge in [0, 0.05) is 12.4 Å². The topological polar surface area (TPSA) is 47.9 Å². The third-order valence-corrected chi connectivity index (χ3v) is 3.23. The smallest absolute Gasteiger partial charge is 0.294 e. The lowest BCUT2D eigenvalue weighted by atomic mass is 10.1. The second-order valence-electron chi connectivity index (χ2n) is 3.13. The van der Waals surface area contributed by atoms with E-state index in [1.54, 1.807) is 12.4 Å². The van der Waals surface area contributed by atoms with E-state index in [0.717, 1.165) is 16.8 Å². The summed E-state index contributed by atoms with van der Waals surface area (Å²) in [4.78, 5) is 3.97. The van der Waals surface area contributed by atoms with Crippen LogP contribution in [0.2, 0.25) is 0 Å². The Hall–Kier alpha value is -1.01. The molecule has 6 heteroatoms. The first-order chi connectivity index (χ1) is 7.84. The number of aryl methyl sites for hydroxylation is 1. The van der Waals surface area contributed by atoms with E-state index in [1.807, 2.05) is 12.1 Å². The Morgan fingerprint density at radius 2 is 2.06 bits per heavy atom. The van der Waals surface area contributed by atoms with Crippen LogP contribution in [0.1, 0.15) is 12.0 Å². The van der Waals surface area contributed by atoms with Crippen molar-refractivity contribution in [2.75, 3.05) is 6.61 Å². The predicted octanol–water partition coefficient (Wildman–Crippen LogP) is 2.71. The van der Waals surface area contributed by atoms with Crippen molar-refractivity contribution >= 4 is 27.3 Å². The van der Waals surface area contributed by atoms with Gasteiger partial charge in [-0.1, -0.05) is 5.10 Å². The molecule has 16 heavy (non-hydrogen) atoms. The van der Waals surface area contributed by atoms with Crippen molar-refractivity contribution in [1.29, 1.82) is 0 Å². The van der Waals surface area contributed by atoms with Crippen LogP contribution >= 0.6 is 27.3 Å². The summed E-state index contributed by atoms with van der Waals surface area (Å²) < 4.78 is 6.19. The molecule has 0 amide bonds. The van der Waals surface area contributed by atoms with Crippen LogP contribution in [-0.2, 0) is 6.42 Å². The number of aromatic nitrogens is 3. The zero-order valence-electron chi connectivity index (χ0n) is 8.47. The molecule has 2 aromatic rings. The summed E-state index contributed by atoms with van der Waals surface area (Å²) in [6.07, 6.45) is 5.56. The van der Waals surface area contributed by atoms with Crippen LogP contribution < -0.4 is 4.74 Å². The molecule has 84 valence electrons. The highest BCUT2D eigenvalue weighted by Crippen LogP contribution is 2.22. The van der Waals surface area contributed by atoms with Crippen LogP contribution in [-0.4, -0.2) is 21.8 Å². The van der Waals surface area contributed by atoms with Crippen molar-refractivity contribution in [2.24, 2.45) is 0 Å². The van der Waals surface area contributed by atoms with Gasteiger partial charge < -0.3 is 4.74 Å². The van der Waals surface area contributed by atoms with Crippen molar-refractivity contribution in [1.82, 2.24) is 15.2 Å². The lowest BCUT2D eigenvalue weighted by Gasteiger charge is -2.01. The molecule has 0 saturated heterocycles. The Kier molecular flexibility index (Phi) is 4.24. The summed E-state index contributed by atoms with van der Waals surface area (Å²) in [6.45, 7) is 0.657. The summed E-state index contributed by atoms with van der Waals surface area (Å²) in [5, 5.41) is 8.27. The number of hydrogen-bond acceptors (Lipinski definition) is 5. The van der Waals surface area contributed by atoms with Gasteiger partial charge in [0.25, 0.3) is 5.19 Å². The Bertz CT molecular complexity index is 435. The van der Waals surface area contributed by atoms with E-state index in [2.05, 4.69) is 31.1 Å². The van der Waals surface area contributed by atoms with Crippen LogP contribution in [0, 0.1) is 0 Å². The van der Waals surface area contributed by atoms with Crippen LogP contribution in [0.25, 0.3) is 0 Å².